The average molecular weight is 323 g/mol. The summed E-state index contributed by atoms with van der Waals surface area (Å²) >= 11 is 1.12. The molecular weight excluding hydrogens is 312 g/mol. The van der Waals surface area contributed by atoms with Crippen LogP contribution in [-0.4, -0.2) is 18.5 Å². The summed E-state index contributed by atoms with van der Waals surface area (Å²) in [6.45, 7) is 0.165. The summed E-state index contributed by atoms with van der Waals surface area (Å²) < 4.78 is 36.3. The Labute approximate surface area is 129 Å². The summed E-state index contributed by atoms with van der Waals surface area (Å²) in [6, 6.07) is 8.61. The van der Waals surface area contributed by atoms with Gasteiger partial charge in [-0.3, -0.25) is 4.79 Å². The van der Waals surface area contributed by atoms with Gasteiger partial charge in [0.05, 0.1) is 5.75 Å². The van der Waals surface area contributed by atoms with E-state index in [1.807, 2.05) is 0 Å². The van der Waals surface area contributed by atoms with E-state index in [-0.39, 0.29) is 18.5 Å². The fourth-order valence-electron chi connectivity index (χ4n) is 1.89. The Hall–Kier alpha value is -2.28. The molecular formula is C15H11F2NO3S. The largest absolute Gasteiger partial charge is 0.454 e. The van der Waals surface area contributed by atoms with Crippen LogP contribution in [0.2, 0.25) is 0 Å². The van der Waals surface area contributed by atoms with Crippen LogP contribution >= 0.6 is 11.8 Å². The number of carbonyl (C=O) groups excluding carboxylic acids is 1. The lowest BCUT2D eigenvalue weighted by Gasteiger charge is -2.06. The van der Waals surface area contributed by atoms with Gasteiger partial charge in [0, 0.05) is 16.6 Å². The molecule has 0 fully saturated rings. The molecule has 1 amide bonds. The van der Waals surface area contributed by atoms with Crippen molar-refractivity contribution in [1.29, 1.82) is 0 Å². The lowest BCUT2D eigenvalue weighted by Crippen LogP contribution is -2.13. The van der Waals surface area contributed by atoms with E-state index >= 15 is 0 Å². The number of carbonyl (C=O) groups is 1. The molecule has 0 unspecified atom stereocenters. The van der Waals surface area contributed by atoms with Crippen LogP contribution in [0.1, 0.15) is 0 Å². The van der Waals surface area contributed by atoms with Crippen molar-refractivity contribution in [1.82, 2.24) is 0 Å². The number of hydrogen-bond acceptors (Lipinski definition) is 4. The van der Waals surface area contributed by atoms with Crippen molar-refractivity contribution in [3.05, 3.63) is 48.0 Å². The van der Waals surface area contributed by atoms with E-state index in [0.717, 1.165) is 23.9 Å². The smallest absolute Gasteiger partial charge is 0.234 e. The second kappa shape index (κ2) is 6.23. The maximum absolute atomic E-state index is 13.1. The highest BCUT2D eigenvalue weighted by Gasteiger charge is 2.14. The van der Waals surface area contributed by atoms with E-state index in [9.17, 15) is 13.6 Å². The van der Waals surface area contributed by atoms with Crippen LogP contribution in [0.4, 0.5) is 14.5 Å². The molecule has 0 aromatic heterocycles. The lowest BCUT2D eigenvalue weighted by molar-refractivity contribution is -0.113. The zero-order valence-electron chi connectivity index (χ0n) is 11.3. The summed E-state index contributed by atoms with van der Waals surface area (Å²) in [5, 5.41) is 2.70. The molecule has 1 N–H and O–H groups in total. The molecule has 1 aliphatic rings. The molecule has 0 bridgehead atoms. The molecule has 0 saturated heterocycles. The minimum Gasteiger partial charge on any atom is -0.454 e. The van der Waals surface area contributed by atoms with Gasteiger partial charge >= 0.3 is 0 Å². The number of fused-ring (bicyclic) bond motifs is 1. The molecule has 2 aromatic carbocycles. The van der Waals surface area contributed by atoms with Crippen molar-refractivity contribution >= 4 is 23.4 Å². The van der Waals surface area contributed by atoms with Crippen molar-refractivity contribution in [2.24, 2.45) is 0 Å². The molecule has 3 rings (SSSR count). The molecule has 0 spiro atoms. The second-order valence-electron chi connectivity index (χ2n) is 4.48. The van der Waals surface area contributed by atoms with Gasteiger partial charge in [-0.1, -0.05) is 0 Å². The summed E-state index contributed by atoms with van der Waals surface area (Å²) in [7, 11) is 0. The quantitative estimate of drug-likeness (QED) is 0.876. The third kappa shape index (κ3) is 3.30. The van der Waals surface area contributed by atoms with Gasteiger partial charge in [0.15, 0.2) is 23.1 Å². The first-order valence-corrected chi connectivity index (χ1v) is 7.38. The van der Waals surface area contributed by atoms with E-state index in [2.05, 4.69) is 5.32 Å². The summed E-state index contributed by atoms with van der Waals surface area (Å²) in [5.74, 6) is -0.802. The second-order valence-corrected chi connectivity index (χ2v) is 5.53. The Kier molecular flexibility index (Phi) is 4.15. The van der Waals surface area contributed by atoms with Crippen LogP contribution in [0.3, 0.4) is 0 Å². The first-order valence-electron chi connectivity index (χ1n) is 6.39. The number of thioether (sulfide) groups is 1. The molecule has 7 heteroatoms. The minimum absolute atomic E-state index is 0.0829. The normalized spacial score (nSPS) is 12.3. The van der Waals surface area contributed by atoms with E-state index in [4.69, 9.17) is 9.47 Å². The molecule has 2 aromatic rings. The maximum Gasteiger partial charge on any atom is 0.234 e. The van der Waals surface area contributed by atoms with E-state index in [1.165, 1.54) is 6.07 Å². The number of hydrogen-bond donors (Lipinski definition) is 1. The van der Waals surface area contributed by atoms with Crippen LogP contribution in [0, 0.1) is 11.6 Å². The van der Waals surface area contributed by atoms with Gasteiger partial charge in [-0.25, -0.2) is 8.78 Å². The molecule has 0 radical (unpaired) electrons. The highest BCUT2D eigenvalue weighted by atomic mass is 32.2. The van der Waals surface area contributed by atoms with Gasteiger partial charge in [-0.2, -0.15) is 0 Å². The fourth-order valence-corrected chi connectivity index (χ4v) is 2.61. The number of amides is 1. The topological polar surface area (TPSA) is 47.6 Å². The van der Waals surface area contributed by atoms with Gasteiger partial charge in [0.1, 0.15) is 0 Å². The number of ether oxygens (including phenoxy) is 2. The Morgan fingerprint density at radius 2 is 1.91 bits per heavy atom. The molecule has 114 valence electrons. The molecule has 1 heterocycles. The zero-order valence-corrected chi connectivity index (χ0v) is 12.1. The van der Waals surface area contributed by atoms with Crippen LogP contribution in [0.25, 0.3) is 0 Å². The highest BCUT2D eigenvalue weighted by molar-refractivity contribution is 8.00. The van der Waals surface area contributed by atoms with Crippen LogP contribution in [0.15, 0.2) is 41.3 Å². The van der Waals surface area contributed by atoms with Gasteiger partial charge < -0.3 is 14.8 Å². The van der Waals surface area contributed by atoms with Gasteiger partial charge in [-0.15, -0.1) is 11.8 Å². The average Bonchev–Trinajstić information content (AvgIpc) is 2.96. The van der Waals surface area contributed by atoms with Crippen molar-refractivity contribution in [2.75, 3.05) is 17.9 Å². The first-order chi connectivity index (χ1) is 10.6. The Morgan fingerprint density at radius 3 is 2.73 bits per heavy atom. The van der Waals surface area contributed by atoms with Crippen LogP contribution in [0.5, 0.6) is 11.5 Å². The van der Waals surface area contributed by atoms with Gasteiger partial charge in [-0.05, 0) is 30.3 Å². The maximum atomic E-state index is 13.1. The summed E-state index contributed by atoms with van der Waals surface area (Å²) in [4.78, 5) is 12.4. The van der Waals surface area contributed by atoms with Crippen molar-refractivity contribution in [3.63, 3.8) is 0 Å². The van der Waals surface area contributed by atoms with E-state index in [0.29, 0.717) is 22.1 Å². The van der Waals surface area contributed by atoms with Gasteiger partial charge in [0.25, 0.3) is 0 Å². The third-order valence-corrected chi connectivity index (χ3v) is 3.91. The minimum atomic E-state index is -0.929. The number of rotatable bonds is 4. The number of anilines is 1. The highest BCUT2D eigenvalue weighted by Crippen LogP contribution is 2.34. The van der Waals surface area contributed by atoms with Crippen molar-refractivity contribution < 1.29 is 23.0 Å². The number of benzene rings is 2. The molecule has 0 atom stereocenters. The Balaban J connectivity index is 1.57. The zero-order chi connectivity index (χ0) is 15.5. The monoisotopic (exact) mass is 323 g/mol. The predicted octanol–water partition coefficient (Wildman–Crippen LogP) is 3.42. The fraction of sp³-hybridized carbons (Fsp3) is 0.133. The van der Waals surface area contributed by atoms with Crippen molar-refractivity contribution in [2.45, 2.75) is 4.90 Å². The van der Waals surface area contributed by atoms with Gasteiger partial charge in [0.2, 0.25) is 12.7 Å². The van der Waals surface area contributed by atoms with E-state index in [1.54, 1.807) is 18.2 Å². The molecule has 4 nitrogen and oxygen atoms in total. The third-order valence-electron chi connectivity index (χ3n) is 2.92. The SMILES string of the molecule is O=C(CSc1ccc(F)c(F)c1)Nc1ccc2c(c1)OCO2. The summed E-state index contributed by atoms with van der Waals surface area (Å²) in [5.41, 5.74) is 0.583. The Bertz CT molecular complexity index is 724. The molecule has 0 aliphatic carbocycles. The number of nitrogens with one attached hydrogen (secondary N) is 1. The first kappa shape index (κ1) is 14.6. The predicted molar refractivity (Wildman–Crippen MR) is 78.3 cm³/mol. The molecule has 1 aliphatic heterocycles. The standard InChI is InChI=1S/C15H11F2NO3S/c16-11-3-2-10(6-12(11)17)22-7-15(19)18-9-1-4-13-14(5-9)21-8-20-13/h1-6H,7-8H2,(H,18,19). The van der Waals surface area contributed by atoms with E-state index < -0.39 is 11.6 Å². The molecule has 22 heavy (non-hydrogen) atoms. The molecule has 0 saturated carbocycles. The van der Waals surface area contributed by atoms with Crippen molar-refractivity contribution in [3.8, 4) is 11.5 Å². The van der Waals surface area contributed by atoms with Crippen LogP contribution < -0.4 is 14.8 Å². The summed E-state index contributed by atoms with van der Waals surface area (Å²) in [6.07, 6.45) is 0. The van der Waals surface area contributed by atoms with Crippen LogP contribution in [-0.2, 0) is 4.79 Å². The Morgan fingerprint density at radius 1 is 1.09 bits per heavy atom. The lowest BCUT2D eigenvalue weighted by atomic mass is 10.3. The number of halogens is 2.